The lowest BCUT2D eigenvalue weighted by Gasteiger charge is -2.04. The topological polar surface area (TPSA) is 73.6 Å². The Morgan fingerprint density at radius 1 is 1.32 bits per heavy atom. The summed E-state index contributed by atoms with van der Waals surface area (Å²) in [5, 5.41) is 10.7. The molecule has 0 saturated carbocycles. The fourth-order valence-electron chi connectivity index (χ4n) is 2.01. The van der Waals surface area contributed by atoms with Gasteiger partial charge in [0, 0.05) is 29.4 Å². The van der Waals surface area contributed by atoms with Gasteiger partial charge in [-0.2, -0.15) is 5.10 Å². The number of rotatable bonds is 4. The summed E-state index contributed by atoms with van der Waals surface area (Å²) in [6.07, 6.45) is 4.79. The average molecular weight is 254 g/mol. The molecule has 0 atom stereocenters. The first-order valence-corrected chi connectivity index (χ1v) is 6.16. The summed E-state index contributed by atoms with van der Waals surface area (Å²) in [6.45, 7) is 0. The number of anilines is 1. The van der Waals surface area contributed by atoms with Gasteiger partial charge < -0.3 is 10.3 Å². The van der Waals surface area contributed by atoms with Crippen LogP contribution in [0.4, 0.5) is 5.69 Å². The molecule has 19 heavy (non-hydrogen) atoms. The van der Waals surface area contributed by atoms with E-state index < -0.39 is 0 Å². The van der Waals surface area contributed by atoms with Crippen LogP contribution in [0.15, 0.2) is 42.7 Å². The second kappa shape index (κ2) is 4.97. The van der Waals surface area contributed by atoms with Crippen LogP contribution in [0.2, 0.25) is 0 Å². The second-order valence-electron chi connectivity index (χ2n) is 4.42. The molecule has 0 radical (unpaired) electrons. The van der Waals surface area contributed by atoms with E-state index in [1.807, 2.05) is 36.5 Å². The van der Waals surface area contributed by atoms with Crippen molar-refractivity contribution in [3.05, 3.63) is 48.4 Å². The molecule has 1 amide bonds. The van der Waals surface area contributed by atoms with Gasteiger partial charge in [0.05, 0.1) is 11.7 Å². The van der Waals surface area contributed by atoms with Crippen LogP contribution in [0, 0.1) is 0 Å². The molecule has 0 aliphatic carbocycles. The minimum absolute atomic E-state index is 0.00784. The fourth-order valence-corrected chi connectivity index (χ4v) is 2.01. The summed E-state index contributed by atoms with van der Waals surface area (Å²) >= 11 is 0. The van der Waals surface area contributed by atoms with Crippen LogP contribution in [0.1, 0.15) is 12.1 Å². The molecule has 1 aromatic carbocycles. The Morgan fingerprint density at radius 2 is 2.26 bits per heavy atom. The van der Waals surface area contributed by atoms with E-state index in [2.05, 4.69) is 20.5 Å². The van der Waals surface area contributed by atoms with Gasteiger partial charge >= 0.3 is 0 Å². The summed E-state index contributed by atoms with van der Waals surface area (Å²) in [5.41, 5.74) is 2.77. The van der Waals surface area contributed by atoms with E-state index in [0.29, 0.717) is 12.8 Å². The number of carbonyl (C=O) groups excluding carboxylic acids is 1. The maximum absolute atomic E-state index is 11.8. The average Bonchev–Trinajstić information content (AvgIpc) is 3.07. The number of amides is 1. The molecule has 5 nitrogen and oxygen atoms in total. The Morgan fingerprint density at radius 3 is 3.11 bits per heavy atom. The van der Waals surface area contributed by atoms with Crippen LogP contribution < -0.4 is 5.32 Å². The van der Waals surface area contributed by atoms with Crippen molar-refractivity contribution in [3.8, 4) is 0 Å². The number of aromatic amines is 2. The zero-order chi connectivity index (χ0) is 13.1. The Balaban J connectivity index is 1.62. The van der Waals surface area contributed by atoms with Crippen molar-refractivity contribution in [2.24, 2.45) is 0 Å². The van der Waals surface area contributed by atoms with Gasteiger partial charge in [0.25, 0.3) is 0 Å². The molecular formula is C14H14N4O. The molecular weight excluding hydrogens is 240 g/mol. The standard InChI is InChI=1S/C14H14N4O/c19-14(6-5-11-2-1-7-15-11)17-12-4-3-10-9-16-18-13(10)8-12/h1-4,7-9,15H,5-6H2,(H,16,18)(H,17,19). The van der Waals surface area contributed by atoms with Crippen molar-refractivity contribution in [1.29, 1.82) is 0 Å². The monoisotopic (exact) mass is 254 g/mol. The number of aryl methyl sites for hydroxylation is 1. The highest BCUT2D eigenvalue weighted by atomic mass is 16.1. The predicted molar refractivity (Wildman–Crippen MR) is 73.8 cm³/mol. The highest BCUT2D eigenvalue weighted by Gasteiger charge is 2.04. The van der Waals surface area contributed by atoms with Crippen LogP contribution >= 0.6 is 0 Å². The Hall–Kier alpha value is -2.56. The van der Waals surface area contributed by atoms with Crippen LogP contribution in [0.25, 0.3) is 10.9 Å². The van der Waals surface area contributed by atoms with E-state index in [4.69, 9.17) is 0 Å². The van der Waals surface area contributed by atoms with Crippen molar-refractivity contribution in [3.63, 3.8) is 0 Å². The minimum Gasteiger partial charge on any atom is -0.365 e. The lowest BCUT2D eigenvalue weighted by Crippen LogP contribution is -2.12. The molecule has 0 aliphatic rings. The third-order valence-corrected chi connectivity index (χ3v) is 3.01. The predicted octanol–water partition coefficient (Wildman–Crippen LogP) is 2.46. The number of nitrogens with zero attached hydrogens (tertiary/aromatic N) is 1. The van der Waals surface area contributed by atoms with Gasteiger partial charge in [-0.25, -0.2) is 0 Å². The molecule has 2 heterocycles. The number of hydrogen-bond acceptors (Lipinski definition) is 2. The quantitative estimate of drug-likeness (QED) is 0.669. The molecule has 0 saturated heterocycles. The zero-order valence-electron chi connectivity index (χ0n) is 10.3. The molecule has 0 bridgehead atoms. The number of hydrogen-bond donors (Lipinski definition) is 3. The molecule has 3 rings (SSSR count). The first-order valence-electron chi connectivity index (χ1n) is 6.16. The van der Waals surface area contributed by atoms with Crippen LogP contribution in [0.5, 0.6) is 0 Å². The van der Waals surface area contributed by atoms with Crippen molar-refractivity contribution < 1.29 is 4.79 Å². The van der Waals surface area contributed by atoms with Crippen molar-refractivity contribution in [2.75, 3.05) is 5.32 Å². The molecule has 5 heteroatoms. The van der Waals surface area contributed by atoms with E-state index in [0.717, 1.165) is 22.3 Å². The lowest BCUT2D eigenvalue weighted by molar-refractivity contribution is -0.116. The van der Waals surface area contributed by atoms with Gasteiger partial charge in [0.2, 0.25) is 5.91 Å². The molecule has 0 aliphatic heterocycles. The normalized spacial score (nSPS) is 10.7. The van der Waals surface area contributed by atoms with Crippen molar-refractivity contribution >= 4 is 22.5 Å². The molecule has 2 aromatic heterocycles. The Kier molecular flexibility index (Phi) is 3.02. The number of aromatic nitrogens is 3. The highest BCUT2D eigenvalue weighted by molar-refractivity contribution is 5.93. The van der Waals surface area contributed by atoms with Crippen LogP contribution in [-0.4, -0.2) is 21.1 Å². The number of fused-ring (bicyclic) bond motifs is 1. The molecule has 0 spiro atoms. The Labute approximate surface area is 110 Å². The largest absolute Gasteiger partial charge is 0.365 e. The van der Waals surface area contributed by atoms with Gasteiger partial charge in [0.1, 0.15) is 0 Å². The smallest absolute Gasteiger partial charge is 0.224 e. The van der Waals surface area contributed by atoms with Crippen molar-refractivity contribution in [1.82, 2.24) is 15.2 Å². The minimum atomic E-state index is 0.00784. The van der Waals surface area contributed by atoms with Crippen LogP contribution in [0.3, 0.4) is 0 Å². The third-order valence-electron chi connectivity index (χ3n) is 3.01. The van der Waals surface area contributed by atoms with Crippen molar-refractivity contribution in [2.45, 2.75) is 12.8 Å². The molecule has 3 aromatic rings. The summed E-state index contributed by atoms with van der Waals surface area (Å²) in [5.74, 6) is 0.00784. The molecule has 96 valence electrons. The SMILES string of the molecule is O=C(CCc1ccc[nH]1)Nc1ccc2cn[nH]c2c1. The summed E-state index contributed by atoms with van der Waals surface area (Å²) < 4.78 is 0. The number of nitrogens with one attached hydrogen (secondary N) is 3. The maximum atomic E-state index is 11.8. The van der Waals surface area contributed by atoms with E-state index in [-0.39, 0.29) is 5.91 Å². The van der Waals surface area contributed by atoms with Gasteiger partial charge in [0.15, 0.2) is 0 Å². The van der Waals surface area contributed by atoms with Gasteiger partial charge in [-0.3, -0.25) is 9.89 Å². The second-order valence-corrected chi connectivity index (χ2v) is 4.42. The van der Waals surface area contributed by atoms with Crippen LogP contribution in [-0.2, 0) is 11.2 Å². The van der Waals surface area contributed by atoms with E-state index >= 15 is 0 Å². The molecule has 0 unspecified atom stereocenters. The summed E-state index contributed by atoms with van der Waals surface area (Å²) in [4.78, 5) is 14.9. The summed E-state index contributed by atoms with van der Waals surface area (Å²) in [7, 11) is 0. The van der Waals surface area contributed by atoms with E-state index in [9.17, 15) is 4.79 Å². The number of carbonyl (C=O) groups is 1. The third kappa shape index (κ3) is 2.65. The Bertz CT molecular complexity index is 684. The van der Waals surface area contributed by atoms with E-state index in [1.54, 1.807) is 6.20 Å². The fraction of sp³-hybridized carbons (Fsp3) is 0.143. The van der Waals surface area contributed by atoms with Gasteiger partial charge in [-0.1, -0.05) is 0 Å². The van der Waals surface area contributed by atoms with Gasteiger partial charge in [-0.05, 0) is 36.8 Å². The maximum Gasteiger partial charge on any atom is 0.224 e. The summed E-state index contributed by atoms with van der Waals surface area (Å²) in [6, 6.07) is 9.60. The zero-order valence-corrected chi connectivity index (χ0v) is 10.3. The van der Waals surface area contributed by atoms with Gasteiger partial charge in [-0.15, -0.1) is 0 Å². The lowest BCUT2D eigenvalue weighted by atomic mass is 10.2. The van der Waals surface area contributed by atoms with E-state index in [1.165, 1.54) is 0 Å². The molecule has 0 fully saturated rings. The first kappa shape index (κ1) is 11.5. The molecule has 3 N–H and O–H groups in total. The first-order chi connectivity index (χ1) is 9.31. The number of H-pyrrole nitrogens is 2. The highest BCUT2D eigenvalue weighted by Crippen LogP contribution is 2.16. The number of benzene rings is 1.